The Hall–Kier alpha value is -2.84. The highest BCUT2D eigenvalue weighted by atomic mass is 16.6. The summed E-state index contributed by atoms with van der Waals surface area (Å²) in [6.07, 6.45) is 8.75. The van der Waals surface area contributed by atoms with Crippen LogP contribution in [0.4, 0.5) is 0 Å². The second-order valence-electron chi connectivity index (χ2n) is 9.12. The number of carbonyl (C=O) groups is 2. The van der Waals surface area contributed by atoms with E-state index in [1.54, 1.807) is 12.1 Å². The molecule has 8 nitrogen and oxygen atoms in total. The maximum absolute atomic E-state index is 13.6. The highest BCUT2D eigenvalue weighted by Gasteiger charge is 2.54. The summed E-state index contributed by atoms with van der Waals surface area (Å²) in [6, 6.07) is 8.22. The molecular formula is C24H31N4O4+. The highest BCUT2D eigenvalue weighted by Crippen LogP contribution is 2.43. The first-order valence-corrected chi connectivity index (χ1v) is 11.3. The minimum Gasteiger partial charge on any atom is -0.410 e. The Morgan fingerprint density at radius 1 is 1.16 bits per heavy atom. The van der Waals surface area contributed by atoms with E-state index < -0.39 is 29.7 Å². The molecule has 1 aliphatic heterocycles. The van der Waals surface area contributed by atoms with Crippen molar-refractivity contribution in [3.63, 3.8) is 0 Å². The van der Waals surface area contributed by atoms with E-state index in [9.17, 15) is 14.7 Å². The van der Waals surface area contributed by atoms with Gasteiger partial charge in [0.2, 0.25) is 12.3 Å². The molecule has 1 aromatic heterocycles. The van der Waals surface area contributed by atoms with Crippen LogP contribution in [0.2, 0.25) is 0 Å². The number of esters is 1. The molecule has 3 N–H and O–H groups in total. The molecule has 4 unspecified atom stereocenters. The number of ether oxygens (including phenoxy) is 1. The van der Waals surface area contributed by atoms with Crippen LogP contribution in [0.3, 0.4) is 0 Å². The number of amides is 1. The van der Waals surface area contributed by atoms with Crippen molar-refractivity contribution in [3.8, 4) is 0 Å². The molecule has 1 aliphatic carbocycles. The van der Waals surface area contributed by atoms with Gasteiger partial charge in [-0.25, -0.2) is 4.79 Å². The van der Waals surface area contributed by atoms with Crippen molar-refractivity contribution in [2.24, 2.45) is 11.7 Å². The SMILES string of the molecule is C[N+]1(C(C(N)=O)c2cnccn2)CCCC1OC(=O)C(O)(c1ccccc1)C1CCCC1. The Bertz CT molecular complexity index is 951. The topological polar surface area (TPSA) is 115 Å². The lowest BCUT2D eigenvalue weighted by atomic mass is 9.80. The summed E-state index contributed by atoms with van der Waals surface area (Å²) in [5.74, 6) is -1.41. The molecule has 2 aliphatic rings. The molecule has 0 spiro atoms. The summed E-state index contributed by atoms with van der Waals surface area (Å²) in [6.45, 7) is 0.593. The molecule has 4 rings (SSSR count). The first-order valence-electron chi connectivity index (χ1n) is 11.3. The van der Waals surface area contributed by atoms with Crippen LogP contribution < -0.4 is 5.73 Å². The number of hydrogen-bond acceptors (Lipinski definition) is 6. The standard InChI is InChI=1S/C24H30N4O4/c1-28(21(22(25)29)19-16-26-13-14-27-19)15-7-12-20(28)32-23(30)24(31,18-10-5-6-11-18)17-8-3-2-4-9-17/h2-4,8-9,13-14,16,18,20-21,31H,5-7,10-12,15H2,1H3,(H-,25,29)/p+1. The lowest BCUT2D eigenvalue weighted by Gasteiger charge is -2.41. The van der Waals surface area contributed by atoms with E-state index in [1.807, 2.05) is 25.2 Å². The number of nitrogens with two attached hydrogens (primary N) is 1. The van der Waals surface area contributed by atoms with Crippen LogP contribution in [0.25, 0.3) is 0 Å². The van der Waals surface area contributed by atoms with Gasteiger partial charge in [0.05, 0.1) is 19.8 Å². The van der Waals surface area contributed by atoms with Crippen molar-refractivity contribution in [3.05, 3.63) is 60.2 Å². The lowest BCUT2D eigenvalue weighted by molar-refractivity contribution is -0.959. The summed E-state index contributed by atoms with van der Waals surface area (Å²) in [5, 5.41) is 11.8. The number of nitrogens with zero attached hydrogens (tertiary/aromatic N) is 3. The number of quaternary nitrogens is 1. The number of hydrogen-bond donors (Lipinski definition) is 2. The zero-order chi connectivity index (χ0) is 22.8. The average Bonchev–Trinajstić information content (AvgIpc) is 3.45. The molecule has 1 saturated carbocycles. The predicted molar refractivity (Wildman–Crippen MR) is 116 cm³/mol. The molecule has 1 amide bonds. The number of aromatic nitrogens is 2. The largest absolute Gasteiger partial charge is 0.410 e. The van der Waals surface area contributed by atoms with Crippen molar-refractivity contribution in [2.75, 3.05) is 13.6 Å². The first-order chi connectivity index (χ1) is 15.4. The average molecular weight is 440 g/mol. The monoisotopic (exact) mass is 439 g/mol. The van der Waals surface area contributed by atoms with Crippen molar-refractivity contribution in [1.29, 1.82) is 0 Å². The molecule has 4 atom stereocenters. The van der Waals surface area contributed by atoms with Gasteiger partial charge >= 0.3 is 5.97 Å². The van der Waals surface area contributed by atoms with Crippen molar-refractivity contribution < 1.29 is 23.9 Å². The Morgan fingerprint density at radius 3 is 2.50 bits per heavy atom. The predicted octanol–water partition coefficient (Wildman–Crippen LogP) is 2.19. The minimum absolute atomic E-state index is 0.0926. The van der Waals surface area contributed by atoms with Crippen molar-refractivity contribution >= 4 is 11.9 Å². The Labute approximate surface area is 188 Å². The number of benzene rings is 1. The third-order valence-corrected chi connectivity index (χ3v) is 7.19. The summed E-state index contributed by atoms with van der Waals surface area (Å²) < 4.78 is 6.13. The molecule has 1 saturated heterocycles. The van der Waals surface area contributed by atoms with Crippen LogP contribution >= 0.6 is 0 Å². The van der Waals surface area contributed by atoms with Crippen LogP contribution in [-0.2, 0) is 19.9 Å². The number of likely N-dealkylation sites (N-methyl/N-ethyl adjacent to an activating group) is 1. The summed E-state index contributed by atoms with van der Waals surface area (Å²) >= 11 is 0. The number of primary amides is 1. The van der Waals surface area contributed by atoms with E-state index in [1.165, 1.54) is 18.6 Å². The second kappa shape index (κ2) is 8.96. The molecule has 2 fully saturated rings. The first kappa shape index (κ1) is 22.4. The summed E-state index contributed by atoms with van der Waals surface area (Å²) in [5.41, 5.74) is 5.06. The van der Waals surface area contributed by atoms with Crippen LogP contribution in [0.5, 0.6) is 0 Å². The van der Waals surface area contributed by atoms with E-state index in [4.69, 9.17) is 10.5 Å². The summed E-state index contributed by atoms with van der Waals surface area (Å²) in [4.78, 5) is 34.5. The summed E-state index contributed by atoms with van der Waals surface area (Å²) in [7, 11) is 1.85. The zero-order valence-electron chi connectivity index (χ0n) is 18.4. The third kappa shape index (κ3) is 3.89. The zero-order valence-corrected chi connectivity index (χ0v) is 18.4. The Balaban J connectivity index is 1.65. The van der Waals surface area contributed by atoms with Crippen LogP contribution in [0.1, 0.15) is 55.8 Å². The molecule has 0 radical (unpaired) electrons. The van der Waals surface area contributed by atoms with Gasteiger partial charge in [0, 0.05) is 31.2 Å². The van der Waals surface area contributed by atoms with Gasteiger partial charge in [0.15, 0.2) is 5.60 Å². The molecule has 32 heavy (non-hydrogen) atoms. The van der Waals surface area contributed by atoms with Gasteiger partial charge in [-0.15, -0.1) is 0 Å². The van der Waals surface area contributed by atoms with E-state index in [-0.39, 0.29) is 10.4 Å². The number of aliphatic hydroxyl groups is 1. The Morgan fingerprint density at radius 2 is 1.88 bits per heavy atom. The van der Waals surface area contributed by atoms with E-state index in [0.717, 1.165) is 32.1 Å². The maximum Gasteiger partial charge on any atom is 0.347 e. The quantitative estimate of drug-likeness (QED) is 0.505. The van der Waals surface area contributed by atoms with Crippen molar-refractivity contribution in [1.82, 2.24) is 9.97 Å². The molecule has 170 valence electrons. The number of likely N-dealkylation sites (tertiary alicyclic amines) is 1. The van der Waals surface area contributed by atoms with Crippen LogP contribution in [0, 0.1) is 5.92 Å². The van der Waals surface area contributed by atoms with Gasteiger partial charge < -0.3 is 15.6 Å². The molecule has 1 aromatic carbocycles. The van der Waals surface area contributed by atoms with Crippen LogP contribution in [0.15, 0.2) is 48.9 Å². The Kier molecular flexibility index (Phi) is 6.26. The molecular weight excluding hydrogens is 408 g/mol. The van der Waals surface area contributed by atoms with Gasteiger partial charge in [-0.2, -0.15) is 0 Å². The van der Waals surface area contributed by atoms with Gasteiger partial charge in [-0.05, 0) is 18.4 Å². The van der Waals surface area contributed by atoms with E-state index >= 15 is 0 Å². The fourth-order valence-electron chi connectivity index (χ4n) is 5.48. The smallest absolute Gasteiger partial charge is 0.347 e. The lowest BCUT2D eigenvalue weighted by Crippen LogP contribution is -2.57. The second-order valence-corrected chi connectivity index (χ2v) is 9.12. The molecule has 8 heteroatoms. The number of carbonyl (C=O) groups excluding carboxylic acids is 2. The van der Waals surface area contributed by atoms with Crippen LogP contribution in [-0.4, -0.2) is 51.3 Å². The highest BCUT2D eigenvalue weighted by molar-refractivity contribution is 5.82. The van der Waals surface area contributed by atoms with Gasteiger partial charge in [-0.3, -0.25) is 19.2 Å². The normalized spacial score (nSPS) is 26.4. The van der Waals surface area contributed by atoms with E-state index in [0.29, 0.717) is 24.2 Å². The van der Waals surface area contributed by atoms with Gasteiger partial charge in [0.25, 0.3) is 5.91 Å². The van der Waals surface area contributed by atoms with Gasteiger partial charge in [-0.1, -0.05) is 43.2 Å². The minimum atomic E-state index is -1.72. The fourth-order valence-corrected chi connectivity index (χ4v) is 5.48. The third-order valence-electron chi connectivity index (χ3n) is 7.19. The molecule has 2 heterocycles. The number of rotatable bonds is 7. The molecule has 0 bridgehead atoms. The van der Waals surface area contributed by atoms with Gasteiger partial charge in [0.1, 0.15) is 5.69 Å². The van der Waals surface area contributed by atoms with Crippen molar-refractivity contribution in [2.45, 2.75) is 56.4 Å². The van der Waals surface area contributed by atoms with E-state index in [2.05, 4.69) is 9.97 Å². The fraction of sp³-hybridized carbons (Fsp3) is 0.500. The molecule has 2 aromatic rings. The maximum atomic E-state index is 13.6.